The van der Waals surface area contributed by atoms with Crippen molar-refractivity contribution in [3.05, 3.63) is 69.4 Å². The Morgan fingerprint density at radius 3 is 2.81 bits per heavy atom. The van der Waals surface area contributed by atoms with Gasteiger partial charge in [-0.1, -0.05) is 29.4 Å². The second kappa shape index (κ2) is 7.74. The Kier molecular flexibility index (Phi) is 4.95. The number of fused-ring (bicyclic) bond motifs is 1. The van der Waals surface area contributed by atoms with Crippen molar-refractivity contribution in [3.63, 3.8) is 0 Å². The molecule has 1 aliphatic heterocycles. The van der Waals surface area contributed by atoms with Crippen molar-refractivity contribution in [2.45, 2.75) is 13.0 Å². The lowest BCUT2D eigenvalue weighted by Gasteiger charge is -2.28. The average Bonchev–Trinajstić information content (AvgIpc) is 3.21. The lowest BCUT2D eigenvalue weighted by atomic mass is 9.94. The number of carbonyl (C=O) groups is 1. The maximum Gasteiger partial charge on any atom is 0.262 e. The minimum Gasteiger partial charge on any atom is -0.868 e. The van der Waals surface area contributed by atoms with Gasteiger partial charge in [0.15, 0.2) is 0 Å². The number of nitrogens with zero attached hydrogens (tertiary/aromatic N) is 5. The molecule has 4 rings (SSSR count). The van der Waals surface area contributed by atoms with Gasteiger partial charge < -0.3 is 20.5 Å². The van der Waals surface area contributed by atoms with Gasteiger partial charge in [-0.3, -0.25) is 14.9 Å². The number of hydrogen-bond acceptors (Lipinski definition) is 9. The highest BCUT2D eigenvalue weighted by molar-refractivity contribution is 6.06. The van der Waals surface area contributed by atoms with Gasteiger partial charge in [0.2, 0.25) is 5.95 Å². The second-order valence-electron chi connectivity index (χ2n) is 6.65. The van der Waals surface area contributed by atoms with Crippen LogP contribution in [0.2, 0.25) is 0 Å². The van der Waals surface area contributed by atoms with E-state index < -0.39 is 28.3 Å². The Hall–Kier alpha value is -4.48. The summed E-state index contributed by atoms with van der Waals surface area (Å²) < 4.78 is 6.60. The van der Waals surface area contributed by atoms with E-state index in [-0.39, 0.29) is 11.5 Å². The number of tetrazole rings is 1. The number of benzene rings is 2. The topological polar surface area (TPSA) is 160 Å². The van der Waals surface area contributed by atoms with Crippen molar-refractivity contribution >= 4 is 23.2 Å². The number of amides is 1. The number of para-hydroxylation sites is 2. The van der Waals surface area contributed by atoms with Gasteiger partial charge in [-0.05, 0) is 40.8 Å². The molecule has 3 aromatic rings. The number of anilines is 2. The lowest BCUT2D eigenvalue weighted by Crippen LogP contribution is -2.31. The summed E-state index contributed by atoms with van der Waals surface area (Å²) in [7, 11) is 1.48. The van der Waals surface area contributed by atoms with E-state index >= 15 is 0 Å². The Bertz CT molecular complexity index is 1220. The van der Waals surface area contributed by atoms with Gasteiger partial charge >= 0.3 is 0 Å². The molecular weight excluding hydrogens is 406 g/mol. The Balaban J connectivity index is 1.81. The maximum atomic E-state index is 13.3. The minimum absolute atomic E-state index is 0.221. The number of allylic oxidation sites excluding steroid dienone is 1. The number of nitro groups is 1. The lowest BCUT2D eigenvalue weighted by molar-refractivity contribution is -0.398. The smallest absolute Gasteiger partial charge is 0.262 e. The fourth-order valence-corrected chi connectivity index (χ4v) is 3.40. The van der Waals surface area contributed by atoms with Crippen molar-refractivity contribution in [2.75, 3.05) is 17.7 Å². The standard InChI is InChI=1S/C19H17N7O5/c1-10-16(18(28)21-12-5-3-4-6-15(12)31-2)17(25-19(20-10)22-23-24-25)11-7-8-14(27)13(9-11)26(29)30/h3-9,17,27H,1-2H3,(H,21,28)(H,20,22,24)/p-1. The van der Waals surface area contributed by atoms with Crippen LogP contribution in [0.4, 0.5) is 17.3 Å². The second-order valence-corrected chi connectivity index (χ2v) is 6.65. The molecule has 1 aromatic heterocycles. The van der Waals surface area contributed by atoms with Crippen LogP contribution in [0.15, 0.2) is 53.7 Å². The van der Waals surface area contributed by atoms with Gasteiger partial charge in [0.05, 0.1) is 23.3 Å². The molecule has 0 radical (unpaired) electrons. The number of aromatic nitrogens is 4. The van der Waals surface area contributed by atoms with Crippen LogP contribution in [0, 0.1) is 10.1 Å². The number of carbonyl (C=O) groups excluding carboxylic acids is 1. The molecule has 0 saturated carbocycles. The largest absolute Gasteiger partial charge is 0.868 e. The van der Waals surface area contributed by atoms with E-state index in [9.17, 15) is 20.0 Å². The fraction of sp³-hybridized carbons (Fsp3) is 0.158. The first-order valence-corrected chi connectivity index (χ1v) is 9.06. The van der Waals surface area contributed by atoms with Crippen molar-refractivity contribution in [2.24, 2.45) is 0 Å². The van der Waals surface area contributed by atoms with Gasteiger partial charge in [-0.2, -0.15) is 4.68 Å². The number of rotatable bonds is 5. The minimum atomic E-state index is -0.903. The van der Waals surface area contributed by atoms with E-state index in [1.807, 2.05) is 0 Å². The zero-order valence-electron chi connectivity index (χ0n) is 16.4. The quantitative estimate of drug-likeness (QED) is 0.459. The predicted molar refractivity (Wildman–Crippen MR) is 106 cm³/mol. The molecule has 1 amide bonds. The highest BCUT2D eigenvalue weighted by Gasteiger charge is 2.35. The van der Waals surface area contributed by atoms with E-state index in [1.54, 1.807) is 31.2 Å². The molecule has 2 heterocycles. The van der Waals surface area contributed by atoms with Crippen molar-refractivity contribution in [1.82, 2.24) is 20.2 Å². The van der Waals surface area contributed by atoms with Crippen molar-refractivity contribution in [1.29, 1.82) is 0 Å². The summed E-state index contributed by atoms with van der Waals surface area (Å²) in [5.41, 5.74) is 0.823. The van der Waals surface area contributed by atoms with Gasteiger partial charge in [0.25, 0.3) is 11.6 Å². The highest BCUT2D eigenvalue weighted by atomic mass is 16.6. The van der Waals surface area contributed by atoms with Crippen LogP contribution >= 0.6 is 0 Å². The summed E-state index contributed by atoms with van der Waals surface area (Å²) >= 11 is 0. The van der Waals surface area contributed by atoms with Crippen LogP contribution in [-0.2, 0) is 4.79 Å². The molecular formula is C19H16N7O5-. The molecule has 1 aliphatic rings. The Morgan fingerprint density at radius 2 is 2.06 bits per heavy atom. The molecule has 0 spiro atoms. The molecule has 12 heteroatoms. The zero-order chi connectivity index (χ0) is 22.1. The number of nitro benzene ring substituents is 1. The third-order valence-corrected chi connectivity index (χ3v) is 4.81. The van der Waals surface area contributed by atoms with Crippen LogP contribution in [-0.4, -0.2) is 38.1 Å². The van der Waals surface area contributed by atoms with Gasteiger partial charge in [0.1, 0.15) is 11.8 Å². The summed E-state index contributed by atoms with van der Waals surface area (Å²) in [6, 6.07) is 9.62. The first-order valence-electron chi connectivity index (χ1n) is 9.06. The van der Waals surface area contributed by atoms with Gasteiger partial charge in [0, 0.05) is 11.8 Å². The third-order valence-electron chi connectivity index (χ3n) is 4.81. The molecule has 2 aromatic carbocycles. The molecule has 158 valence electrons. The van der Waals surface area contributed by atoms with Crippen LogP contribution < -0.4 is 20.5 Å². The highest BCUT2D eigenvalue weighted by Crippen LogP contribution is 2.38. The predicted octanol–water partition coefficient (Wildman–Crippen LogP) is 1.59. The summed E-state index contributed by atoms with van der Waals surface area (Å²) in [5.74, 6) is -0.510. The molecule has 0 fully saturated rings. The molecule has 1 atom stereocenters. The molecule has 0 aliphatic carbocycles. The number of hydrogen-bond donors (Lipinski definition) is 2. The van der Waals surface area contributed by atoms with Crippen LogP contribution in [0.1, 0.15) is 18.5 Å². The Labute approximate surface area is 175 Å². The molecule has 1 unspecified atom stereocenters. The van der Waals surface area contributed by atoms with Gasteiger partial charge in [-0.25, -0.2) is 0 Å². The summed E-state index contributed by atoms with van der Waals surface area (Å²) in [4.78, 5) is 23.8. The van der Waals surface area contributed by atoms with Crippen LogP contribution in [0.25, 0.3) is 0 Å². The van der Waals surface area contributed by atoms with E-state index in [1.165, 1.54) is 17.9 Å². The molecule has 0 saturated heterocycles. The number of methoxy groups -OCH3 is 1. The molecule has 31 heavy (non-hydrogen) atoms. The van der Waals surface area contributed by atoms with E-state index in [0.29, 0.717) is 22.7 Å². The summed E-state index contributed by atoms with van der Waals surface area (Å²) in [6.07, 6.45) is 0. The van der Waals surface area contributed by atoms with Crippen molar-refractivity contribution in [3.8, 4) is 11.5 Å². The van der Waals surface area contributed by atoms with Crippen LogP contribution in [0.5, 0.6) is 11.5 Å². The average molecular weight is 422 g/mol. The normalized spacial score (nSPS) is 15.1. The molecule has 12 nitrogen and oxygen atoms in total. The SMILES string of the molecule is COc1ccccc1NC(=O)C1=C(C)Nc2nnnn2C1c1ccc([O-])c([N+](=O)[O-])c1. The molecule has 0 bridgehead atoms. The summed E-state index contributed by atoms with van der Waals surface area (Å²) in [6.45, 7) is 1.67. The van der Waals surface area contributed by atoms with Crippen LogP contribution in [0.3, 0.4) is 0 Å². The monoisotopic (exact) mass is 422 g/mol. The maximum absolute atomic E-state index is 13.3. The first kappa shape index (κ1) is 19.8. The fourth-order valence-electron chi connectivity index (χ4n) is 3.40. The summed E-state index contributed by atoms with van der Waals surface area (Å²) in [5, 5.41) is 40.3. The Morgan fingerprint density at radius 1 is 1.29 bits per heavy atom. The number of ether oxygens (including phenoxy) is 1. The van der Waals surface area contributed by atoms with E-state index in [0.717, 1.165) is 12.1 Å². The molecule has 2 N–H and O–H groups in total. The first-order chi connectivity index (χ1) is 14.9. The zero-order valence-corrected chi connectivity index (χ0v) is 16.4. The van der Waals surface area contributed by atoms with Gasteiger partial charge in [-0.15, -0.1) is 0 Å². The number of nitrogens with one attached hydrogen (secondary N) is 2. The third kappa shape index (κ3) is 3.50. The van der Waals surface area contributed by atoms with E-state index in [2.05, 4.69) is 26.2 Å². The van der Waals surface area contributed by atoms with E-state index in [4.69, 9.17) is 4.74 Å². The van der Waals surface area contributed by atoms with Crippen molar-refractivity contribution < 1.29 is 19.6 Å².